The number of carbonyl (C=O) groups excluding carboxylic acids is 1. The summed E-state index contributed by atoms with van der Waals surface area (Å²) >= 11 is 3.28. The molecule has 1 heterocycles. The van der Waals surface area contributed by atoms with Crippen LogP contribution in [0.3, 0.4) is 0 Å². The van der Waals surface area contributed by atoms with Crippen LogP contribution in [0.25, 0.3) is 11.0 Å². The summed E-state index contributed by atoms with van der Waals surface area (Å²) in [6, 6.07) is 16.0. The van der Waals surface area contributed by atoms with Gasteiger partial charge in [-0.3, -0.25) is 9.59 Å². The lowest BCUT2D eigenvalue weighted by molar-refractivity contribution is -0.154. The van der Waals surface area contributed by atoms with Crippen LogP contribution in [0.1, 0.15) is 16.1 Å². The average Bonchev–Trinajstić information content (AvgIpc) is 2.84. The van der Waals surface area contributed by atoms with Crippen molar-refractivity contribution in [2.75, 3.05) is 13.7 Å². The first-order valence-electron chi connectivity index (χ1n) is 10.1. The van der Waals surface area contributed by atoms with E-state index in [9.17, 15) is 22.8 Å². The van der Waals surface area contributed by atoms with E-state index in [0.717, 1.165) is 10.5 Å². The van der Waals surface area contributed by atoms with Crippen LogP contribution in [0.4, 0.5) is 13.2 Å². The fourth-order valence-electron chi connectivity index (χ4n) is 3.16. The molecule has 3 aromatic carbocycles. The summed E-state index contributed by atoms with van der Waals surface area (Å²) in [5.41, 5.74) is -0.968. The van der Waals surface area contributed by atoms with Crippen molar-refractivity contribution in [1.29, 1.82) is 0 Å². The first-order valence-corrected chi connectivity index (χ1v) is 10.9. The monoisotopic (exact) mass is 548 g/mol. The van der Waals surface area contributed by atoms with Crippen LogP contribution in [-0.2, 0) is 6.18 Å². The molecule has 0 amide bonds. The van der Waals surface area contributed by atoms with Crippen LogP contribution in [0.2, 0.25) is 0 Å². The number of hydrogen-bond donors (Lipinski definition) is 0. The van der Waals surface area contributed by atoms with E-state index in [1.165, 1.54) is 43.5 Å². The summed E-state index contributed by atoms with van der Waals surface area (Å²) in [4.78, 5) is 25.2. The Morgan fingerprint density at radius 1 is 0.943 bits per heavy atom. The van der Waals surface area contributed by atoms with E-state index >= 15 is 0 Å². The van der Waals surface area contributed by atoms with Gasteiger partial charge in [-0.05, 0) is 48.5 Å². The lowest BCUT2D eigenvalue weighted by atomic mass is 10.1. The van der Waals surface area contributed by atoms with Gasteiger partial charge >= 0.3 is 6.18 Å². The third-order valence-corrected chi connectivity index (χ3v) is 5.42. The minimum absolute atomic E-state index is 0.00522. The van der Waals surface area contributed by atoms with E-state index in [4.69, 9.17) is 18.6 Å². The molecule has 0 aliphatic carbocycles. The number of halogens is 4. The number of ketones is 1. The van der Waals surface area contributed by atoms with Gasteiger partial charge in [-0.2, -0.15) is 13.2 Å². The van der Waals surface area contributed by atoms with Gasteiger partial charge in [-0.1, -0.05) is 28.1 Å². The van der Waals surface area contributed by atoms with E-state index in [1.54, 1.807) is 24.3 Å². The fourth-order valence-corrected chi connectivity index (χ4v) is 3.42. The maximum Gasteiger partial charge on any atom is 0.453 e. The molecule has 0 saturated carbocycles. The molecule has 4 rings (SSSR count). The first kappa shape index (κ1) is 24.3. The van der Waals surface area contributed by atoms with Gasteiger partial charge in [0.15, 0.2) is 12.4 Å². The molecule has 0 fully saturated rings. The molecule has 10 heteroatoms. The smallest absolute Gasteiger partial charge is 0.453 e. The average molecular weight is 549 g/mol. The Labute approximate surface area is 205 Å². The van der Waals surface area contributed by atoms with E-state index in [-0.39, 0.29) is 34.9 Å². The highest BCUT2D eigenvalue weighted by molar-refractivity contribution is 9.10. The summed E-state index contributed by atoms with van der Waals surface area (Å²) in [6.45, 7) is -0.359. The first-order chi connectivity index (χ1) is 16.7. The summed E-state index contributed by atoms with van der Waals surface area (Å²) in [7, 11) is 1.43. The van der Waals surface area contributed by atoms with Crippen LogP contribution >= 0.6 is 15.9 Å². The Morgan fingerprint density at radius 2 is 1.57 bits per heavy atom. The molecular weight excluding hydrogens is 533 g/mol. The van der Waals surface area contributed by atoms with Crippen LogP contribution in [0.5, 0.6) is 23.0 Å². The summed E-state index contributed by atoms with van der Waals surface area (Å²) in [5, 5.41) is -0.145. The van der Waals surface area contributed by atoms with Crippen LogP contribution in [0.15, 0.2) is 80.4 Å². The van der Waals surface area contributed by atoms with Crippen molar-refractivity contribution in [1.82, 2.24) is 0 Å². The van der Waals surface area contributed by atoms with Crippen molar-refractivity contribution in [2.24, 2.45) is 0 Å². The maximum atomic E-state index is 13.7. The largest absolute Gasteiger partial charge is 0.497 e. The Hall–Kier alpha value is -3.79. The van der Waals surface area contributed by atoms with Gasteiger partial charge in [0.25, 0.3) is 5.76 Å². The molecule has 0 bridgehead atoms. The van der Waals surface area contributed by atoms with E-state index in [0.29, 0.717) is 11.3 Å². The second kappa shape index (κ2) is 9.83. The zero-order chi connectivity index (χ0) is 25.2. The molecule has 0 aliphatic heterocycles. The normalized spacial score (nSPS) is 11.3. The molecule has 0 radical (unpaired) electrons. The quantitative estimate of drug-likeness (QED) is 0.241. The second-order valence-electron chi connectivity index (χ2n) is 7.24. The van der Waals surface area contributed by atoms with Crippen molar-refractivity contribution >= 4 is 32.7 Å². The molecule has 35 heavy (non-hydrogen) atoms. The molecule has 0 spiro atoms. The number of fused-ring (bicyclic) bond motifs is 1. The Bertz CT molecular complexity index is 1430. The van der Waals surface area contributed by atoms with E-state index in [2.05, 4.69) is 15.9 Å². The molecule has 4 aromatic rings. The van der Waals surface area contributed by atoms with Gasteiger partial charge in [-0.25, -0.2) is 0 Å². The van der Waals surface area contributed by atoms with Gasteiger partial charge in [0.1, 0.15) is 22.8 Å². The summed E-state index contributed by atoms with van der Waals surface area (Å²) in [5.74, 6) is -2.40. The van der Waals surface area contributed by atoms with Crippen LogP contribution in [-0.4, -0.2) is 19.5 Å². The zero-order valence-corrected chi connectivity index (χ0v) is 19.6. The molecular formula is C25H16BrF3O6. The Morgan fingerprint density at radius 3 is 2.20 bits per heavy atom. The molecule has 1 aromatic heterocycles. The highest BCUT2D eigenvalue weighted by Gasteiger charge is 2.40. The van der Waals surface area contributed by atoms with Crippen LogP contribution in [0, 0.1) is 0 Å². The Kier molecular flexibility index (Phi) is 6.83. The van der Waals surface area contributed by atoms with Crippen LogP contribution < -0.4 is 19.6 Å². The lowest BCUT2D eigenvalue weighted by Gasteiger charge is -2.14. The van der Waals surface area contributed by atoms with Crippen molar-refractivity contribution in [3.05, 3.63) is 92.7 Å². The van der Waals surface area contributed by atoms with Crippen molar-refractivity contribution < 1.29 is 36.6 Å². The molecule has 6 nitrogen and oxygen atoms in total. The predicted octanol–water partition coefficient (Wildman–Crippen LogP) is 6.64. The molecule has 0 saturated heterocycles. The second-order valence-corrected chi connectivity index (χ2v) is 8.16. The third-order valence-electron chi connectivity index (χ3n) is 4.90. The topological polar surface area (TPSA) is 75.0 Å². The minimum atomic E-state index is -5.01. The number of rotatable bonds is 7. The molecule has 0 unspecified atom stereocenters. The Balaban J connectivity index is 1.65. The predicted molar refractivity (Wildman–Crippen MR) is 125 cm³/mol. The summed E-state index contributed by atoms with van der Waals surface area (Å²) in [6.07, 6.45) is -5.01. The van der Waals surface area contributed by atoms with Gasteiger partial charge in [0.05, 0.1) is 12.5 Å². The maximum absolute atomic E-state index is 13.7. The highest BCUT2D eigenvalue weighted by atomic mass is 79.9. The van der Waals surface area contributed by atoms with Crippen molar-refractivity contribution in [2.45, 2.75) is 6.18 Å². The SMILES string of the molecule is COc1ccc(Oc2c(C(F)(F)F)oc3cc(OCC(=O)c4ccc(Br)cc4)ccc3c2=O)cc1. The number of benzene rings is 3. The van der Waals surface area contributed by atoms with Gasteiger partial charge in [-0.15, -0.1) is 0 Å². The number of hydrogen-bond acceptors (Lipinski definition) is 6. The number of alkyl halides is 3. The van der Waals surface area contributed by atoms with Gasteiger partial charge < -0.3 is 18.6 Å². The number of Topliss-reactive ketones (excluding diaryl/α,β-unsaturated/α-hetero) is 1. The standard InChI is InChI=1S/C25H16BrF3O6/c1-32-16-6-8-17(9-7-16)34-23-22(31)19-11-10-18(12-21(19)35-24(23)25(27,28)29)33-13-20(30)14-2-4-15(26)5-3-14/h2-12H,13H2,1H3. The number of ether oxygens (including phenoxy) is 3. The van der Waals surface area contributed by atoms with E-state index < -0.39 is 23.1 Å². The summed E-state index contributed by atoms with van der Waals surface area (Å²) < 4.78 is 62.8. The van der Waals surface area contributed by atoms with Crippen molar-refractivity contribution in [3.8, 4) is 23.0 Å². The lowest BCUT2D eigenvalue weighted by Crippen LogP contribution is -2.15. The zero-order valence-electron chi connectivity index (χ0n) is 18.0. The fraction of sp³-hybridized carbons (Fsp3) is 0.120. The number of carbonyl (C=O) groups is 1. The number of methoxy groups -OCH3 is 1. The molecule has 0 atom stereocenters. The molecule has 0 aliphatic rings. The van der Waals surface area contributed by atoms with Gasteiger partial charge in [0, 0.05) is 16.1 Å². The molecule has 180 valence electrons. The molecule has 0 N–H and O–H groups in total. The van der Waals surface area contributed by atoms with Gasteiger partial charge in [0.2, 0.25) is 11.2 Å². The minimum Gasteiger partial charge on any atom is -0.497 e. The highest BCUT2D eigenvalue weighted by Crippen LogP contribution is 2.38. The van der Waals surface area contributed by atoms with E-state index in [1.807, 2.05) is 0 Å². The van der Waals surface area contributed by atoms with Crippen molar-refractivity contribution in [3.63, 3.8) is 0 Å². The third kappa shape index (κ3) is 5.48.